The molecule has 0 saturated heterocycles. The molecule has 0 unspecified atom stereocenters. The molecular formula is C22H15NO4. The number of hydrogen-bond donors (Lipinski definition) is 0. The minimum atomic E-state index is -0.561. The highest BCUT2D eigenvalue weighted by Crippen LogP contribution is 2.26. The molecule has 2 amide bonds. The molecule has 5 heteroatoms. The number of ketones is 1. The Morgan fingerprint density at radius 1 is 0.741 bits per heavy atom. The minimum absolute atomic E-state index is 0.0993. The second kappa shape index (κ2) is 6.97. The van der Waals surface area contributed by atoms with E-state index in [1.165, 1.54) is 12.1 Å². The summed E-state index contributed by atoms with van der Waals surface area (Å²) in [6.07, 6.45) is 0. The van der Waals surface area contributed by atoms with E-state index >= 15 is 0 Å². The summed E-state index contributed by atoms with van der Waals surface area (Å²) in [4.78, 5) is 43.1. The van der Waals surface area contributed by atoms with Crippen molar-refractivity contribution in [3.8, 4) is 0 Å². The molecule has 0 N–H and O–H groups in total. The lowest BCUT2D eigenvalue weighted by Crippen LogP contribution is -2.29. The van der Waals surface area contributed by atoms with Gasteiger partial charge < -0.3 is 0 Å². The van der Waals surface area contributed by atoms with Crippen LogP contribution in [0.25, 0.3) is 0 Å². The minimum Gasteiger partial charge on any atom is -0.289 e. The highest BCUT2D eigenvalue weighted by atomic mass is 16.7. The van der Waals surface area contributed by atoms with Gasteiger partial charge in [-0.3, -0.25) is 19.2 Å². The molecule has 27 heavy (non-hydrogen) atoms. The highest BCUT2D eigenvalue weighted by Gasteiger charge is 2.37. The standard InChI is InChI=1S/C22H15NO4/c24-20(16-9-5-2-6-10-16)17-11-12-18-19(13-17)22(26)23(21(18)25)27-14-15-7-3-1-4-8-15/h1-13H,14H2. The molecular weight excluding hydrogens is 342 g/mol. The molecule has 0 fully saturated rings. The smallest absolute Gasteiger partial charge is 0.285 e. The summed E-state index contributed by atoms with van der Waals surface area (Å²) >= 11 is 0. The van der Waals surface area contributed by atoms with Crippen LogP contribution in [0.3, 0.4) is 0 Å². The van der Waals surface area contributed by atoms with Crippen LogP contribution in [0.1, 0.15) is 42.2 Å². The third-order valence-corrected chi connectivity index (χ3v) is 4.35. The average Bonchev–Trinajstić information content (AvgIpc) is 2.97. The lowest BCUT2D eigenvalue weighted by atomic mass is 9.99. The quantitative estimate of drug-likeness (QED) is 0.516. The van der Waals surface area contributed by atoms with Crippen molar-refractivity contribution in [1.29, 1.82) is 0 Å². The maximum atomic E-state index is 12.6. The van der Waals surface area contributed by atoms with Gasteiger partial charge in [-0.25, -0.2) is 0 Å². The zero-order valence-electron chi connectivity index (χ0n) is 14.3. The molecule has 5 nitrogen and oxygen atoms in total. The van der Waals surface area contributed by atoms with Crippen molar-refractivity contribution in [3.63, 3.8) is 0 Å². The SMILES string of the molecule is O=C(c1ccccc1)c1ccc2c(c1)C(=O)N(OCc1ccccc1)C2=O. The summed E-state index contributed by atoms with van der Waals surface area (Å²) in [5.74, 6) is -1.29. The van der Waals surface area contributed by atoms with Gasteiger partial charge in [0.15, 0.2) is 5.78 Å². The van der Waals surface area contributed by atoms with Crippen molar-refractivity contribution in [2.45, 2.75) is 6.61 Å². The van der Waals surface area contributed by atoms with E-state index < -0.39 is 11.8 Å². The van der Waals surface area contributed by atoms with E-state index in [1.54, 1.807) is 30.3 Å². The topological polar surface area (TPSA) is 63.7 Å². The van der Waals surface area contributed by atoms with Crippen LogP contribution in [0.5, 0.6) is 0 Å². The van der Waals surface area contributed by atoms with Gasteiger partial charge in [0.1, 0.15) is 6.61 Å². The fraction of sp³-hybridized carbons (Fsp3) is 0.0455. The van der Waals surface area contributed by atoms with Crippen LogP contribution < -0.4 is 0 Å². The van der Waals surface area contributed by atoms with Crippen molar-refractivity contribution >= 4 is 17.6 Å². The number of carbonyl (C=O) groups excluding carboxylic acids is 3. The van der Waals surface area contributed by atoms with E-state index in [1.807, 2.05) is 36.4 Å². The van der Waals surface area contributed by atoms with Crippen LogP contribution in [0.15, 0.2) is 78.9 Å². The van der Waals surface area contributed by atoms with Crippen molar-refractivity contribution < 1.29 is 19.2 Å². The van der Waals surface area contributed by atoms with Crippen LogP contribution in [0.2, 0.25) is 0 Å². The molecule has 3 aromatic rings. The first kappa shape index (κ1) is 16.9. The number of hydroxylamine groups is 2. The number of carbonyl (C=O) groups is 3. The first-order valence-electron chi connectivity index (χ1n) is 8.44. The number of amides is 2. The van der Waals surface area contributed by atoms with E-state index in [4.69, 9.17) is 4.84 Å². The summed E-state index contributed by atoms with van der Waals surface area (Å²) in [7, 11) is 0. The van der Waals surface area contributed by atoms with Gasteiger partial charge in [-0.1, -0.05) is 66.7 Å². The van der Waals surface area contributed by atoms with Gasteiger partial charge in [-0.05, 0) is 17.7 Å². The Kier molecular flexibility index (Phi) is 4.36. The van der Waals surface area contributed by atoms with E-state index in [2.05, 4.69) is 0 Å². The molecule has 0 bridgehead atoms. The van der Waals surface area contributed by atoms with Gasteiger partial charge >= 0.3 is 0 Å². The van der Waals surface area contributed by atoms with Gasteiger partial charge in [0.25, 0.3) is 11.8 Å². The summed E-state index contributed by atoms with van der Waals surface area (Å²) < 4.78 is 0. The molecule has 1 aliphatic heterocycles. The Morgan fingerprint density at radius 3 is 2.07 bits per heavy atom. The number of fused-ring (bicyclic) bond motifs is 1. The van der Waals surface area contributed by atoms with E-state index in [0.29, 0.717) is 11.1 Å². The van der Waals surface area contributed by atoms with Crippen molar-refractivity contribution in [2.24, 2.45) is 0 Å². The zero-order valence-corrected chi connectivity index (χ0v) is 14.3. The largest absolute Gasteiger partial charge is 0.289 e. The Labute approximate surface area is 155 Å². The fourth-order valence-electron chi connectivity index (χ4n) is 2.95. The maximum absolute atomic E-state index is 12.6. The number of hydrogen-bond acceptors (Lipinski definition) is 4. The molecule has 0 radical (unpaired) electrons. The van der Waals surface area contributed by atoms with Gasteiger partial charge in [-0.2, -0.15) is 0 Å². The predicted octanol–water partition coefficient (Wildman–Crippen LogP) is 3.65. The Balaban J connectivity index is 1.57. The van der Waals surface area contributed by atoms with Crippen LogP contribution in [0, 0.1) is 0 Å². The van der Waals surface area contributed by atoms with E-state index in [0.717, 1.165) is 10.6 Å². The number of nitrogens with zero attached hydrogens (tertiary/aromatic N) is 1. The second-order valence-corrected chi connectivity index (χ2v) is 6.12. The Morgan fingerprint density at radius 2 is 1.37 bits per heavy atom. The summed E-state index contributed by atoms with van der Waals surface area (Å²) in [5.41, 5.74) is 2.12. The molecule has 0 aromatic heterocycles. The average molecular weight is 357 g/mol. The first-order chi connectivity index (χ1) is 13.1. The normalized spacial score (nSPS) is 13.0. The first-order valence-corrected chi connectivity index (χ1v) is 8.44. The van der Waals surface area contributed by atoms with Crippen LogP contribution >= 0.6 is 0 Å². The van der Waals surface area contributed by atoms with Crippen molar-refractivity contribution in [3.05, 3.63) is 107 Å². The van der Waals surface area contributed by atoms with Gasteiger partial charge in [0.05, 0.1) is 11.1 Å². The van der Waals surface area contributed by atoms with E-state index in [-0.39, 0.29) is 23.5 Å². The Bertz CT molecular complexity index is 1030. The molecule has 1 aliphatic rings. The molecule has 132 valence electrons. The molecule has 0 atom stereocenters. The lowest BCUT2D eigenvalue weighted by molar-refractivity contribution is -0.101. The molecule has 0 spiro atoms. The monoisotopic (exact) mass is 357 g/mol. The summed E-state index contributed by atoms with van der Waals surface area (Å²) in [5, 5.41) is 0.758. The van der Waals surface area contributed by atoms with Crippen molar-refractivity contribution in [1.82, 2.24) is 5.06 Å². The Hall–Kier alpha value is -3.57. The highest BCUT2D eigenvalue weighted by molar-refractivity contribution is 6.21. The predicted molar refractivity (Wildman–Crippen MR) is 98.0 cm³/mol. The zero-order chi connectivity index (χ0) is 18.8. The number of imide groups is 1. The second-order valence-electron chi connectivity index (χ2n) is 6.12. The number of benzene rings is 3. The molecule has 0 saturated carbocycles. The van der Waals surface area contributed by atoms with Crippen LogP contribution in [0.4, 0.5) is 0 Å². The van der Waals surface area contributed by atoms with Gasteiger partial charge in [-0.15, -0.1) is 5.06 Å². The maximum Gasteiger partial charge on any atom is 0.285 e. The van der Waals surface area contributed by atoms with Gasteiger partial charge in [0, 0.05) is 11.1 Å². The number of rotatable bonds is 5. The third-order valence-electron chi connectivity index (χ3n) is 4.35. The fourth-order valence-corrected chi connectivity index (χ4v) is 2.95. The lowest BCUT2D eigenvalue weighted by Gasteiger charge is -2.13. The van der Waals surface area contributed by atoms with Crippen molar-refractivity contribution in [2.75, 3.05) is 0 Å². The summed E-state index contributed by atoms with van der Waals surface area (Å²) in [6, 6.07) is 22.5. The van der Waals surface area contributed by atoms with Crippen LogP contribution in [-0.4, -0.2) is 22.7 Å². The van der Waals surface area contributed by atoms with Crippen LogP contribution in [-0.2, 0) is 11.4 Å². The third kappa shape index (κ3) is 3.16. The molecule has 3 aromatic carbocycles. The summed E-state index contributed by atoms with van der Waals surface area (Å²) in [6.45, 7) is 0.0993. The molecule has 4 rings (SSSR count). The molecule has 0 aliphatic carbocycles. The van der Waals surface area contributed by atoms with Gasteiger partial charge in [0.2, 0.25) is 0 Å². The molecule has 1 heterocycles. The van der Waals surface area contributed by atoms with E-state index in [9.17, 15) is 14.4 Å².